The summed E-state index contributed by atoms with van der Waals surface area (Å²) in [6.07, 6.45) is 6.29. The monoisotopic (exact) mass is 394 g/mol. The highest BCUT2D eigenvalue weighted by molar-refractivity contribution is 5.90. The van der Waals surface area contributed by atoms with Crippen molar-refractivity contribution in [2.75, 3.05) is 26.2 Å². The van der Waals surface area contributed by atoms with Crippen LogP contribution < -0.4 is 5.32 Å². The van der Waals surface area contributed by atoms with Crippen LogP contribution in [0.5, 0.6) is 0 Å². The quantitative estimate of drug-likeness (QED) is 0.542. The van der Waals surface area contributed by atoms with Crippen molar-refractivity contribution in [3.63, 3.8) is 0 Å². The average Bonchev–Trinajstić information content (AvgIpc) is 2.66. The van der Waals surface area contributed by atoms with Gasteiger partial charge in [0.25, 0.3) is 0 Å². The van der Waals surface area contributed by atoms with Gasteiger partial charge in [-0.15, -0.1) is 0 Å². The minimum atomic E-state index is -1.22. The summed E-state index contributed by atoms with van der Waals surface area (Å²) in [6.45, 7) is 5.91. The van der Waals surface area contributed by atoms with Gasteiger partial charge in [0.05, 0.1) is 12.0 Å². The molecule has 1 aliphatic carbocycles. The summed E-state index contributed by atoms with van der Waals surface area (Å²) >= 11 is 0. The van der Waals surface area contributed by atoms with E-state index in [4.69, 9.17) is 4.74 Å². The molecule has 2 aliphatic rings. The lowest BCUT2D eigenvalue weighted by Gasteiger charge is -2.37. The molecule has 8 heteroatoms. The maximum Gasteiger partial charge on any atom is 0.407 e. The van der Waals surface area contributed by atoms with Gasteiger partial charge in [0.1, 0.15) is 0 Å². The van der Waals surface area contributed by atoms with Crippen molar-refractivity contribution in [1.82, 2.24) is 10.2 Å². The molecule has 0 spiro atoms. The fourth-order valence-electron chi connectivity index (χ4n) is 3.48. The molecule has 1 fully saturated rings. The lowest BCUT2D eigenvalue weighted by Crippen LogP contribution is -2.40. The minimum Gasteiger partial charge on any atom is -0.481 e. The van der Waals surface area contributed by atoms with Gasteiger partial charge in [-0.3, -0.25) is 4.79 Å². The topological polar surface area (TPSA) is 116 Å². The molecule has 156 valence electrons. The molecular weight excluding hydrogens is 364 g/mol. The van der Waals surface area contributed by atoms with E-state index in [0.717, 1.165) is 25.7 Å². The first-order valence-electron chi connectivity index (χ1n) is 9.81. The number of carboxylic acids is 2. The number of carboxylic acid groups (broad SMARTS) is 2. The van der Waals surface area contributed by atoms with Crippen molar-refractivity contribution in [3.8, 4) is 0 Å². The summed E-state index contributed by atoms with van der Waals surface area (Å²) in [5.74, 6) is -1.80. The Morgan fingerprint density at radius 3 is 2.54 bits per heavy atom. The first-order chi connectivity index (χ1) is 13.2. The van der Waals surface area contributed by atoms with Gasteiger partial charge < -0.3 is 25.2 Å². The summed E-state index contributed by atoms with van der Waals surface area (Å²) in [5.41, 5.74) is -0.460. The van der Waals surface area contributed by atoms with E-state index in [1.165, 1.54) is 0 Å². The standard InChI is InChI=1S/C20H30N2O6/c1-3-4-9-28-19(27)21-13-14-5-7-22(8-6-14)16-10-15(17(23)24)11-20(2,12-16)18(25)26/h10,12,14H,3-9,11,13H2,1-2H3,(H,21,27)(H,23,24)(H,25,26). The molecular formula is C20H30N2O6. The predicted octanol–water partition coefficient (Wildman–Crippen LogP) is 2.61. The van der Waals surface area contributed by atoms with Crippen molar-refractivity contribution >= 4 is 18.0 Å². The summed E-state index contributed by atoms with van der Waals surface area (Å²) in [6, 6.07) is 0. The zero-order chi connectivity index (χ0) is 20.7. The molecule has 8 nitrogen and oxygen atoms in total. The zero-order valence-electron chi connectivity index (χ0n) is 16.6. The van der Waals surface area contributed by atoms with E-state index in [0.29, 0.717) is 37.9 Å². The van der Waals surface area contributed by atoms with Crippen LogP contribution in [0.2, 0.25) is 0 Å². The molecule has 3 N–H and O–H groups in total. The van der Waals surface area contributed by atoms with Gasteiger partial charge in [-0.2, -0.15) is 0 Å². The van der Waals surface area contributed by atoms with E-state index in [2.05, 4.69) is 5.32 Å². The third kappa shape index (κ3) is 5.74. The third-order valence-corrected chi connectivity index (χ3v) is 5.36. The zero-order valence-corrected chi connectivity index (χ0v) is 16.6. The van der Waals surface area contributed by atoms with Crippen LogP contribution in [-0.2, 0) is 14.3 Å². The smallest absolute Gasteiger partial charge is 0.407 e. The number of rotatable bonds is 8. The second kappa shape index (κ2) is 9.61. The van der Waals surface area contributed by atoms with Crippen molar-refractivity contribution in [2.24, 2.45) is 11.3 Å². The molecule has 1 aliphatic heterocycles. The van der Waals surface area contributed by atoms with Crippen LogP contribution in [0.1, 0.15) is 46.0 Å². The van der Waals surface area contributed by atoms with Gasteiger partial charge in [-0.25, -0.2) is 9.59 Å². The number of amides is 1. The number of hydrogen-bond donors (Lipinski definition) is 3. The molecule has 1 saturated heterocycles. The summed E-state index contributed by atoms with van der Waals surface area (Å²) in [7, 11) is 0. The second-order valence-corrected chi connectivity index (χ2v) is 7.74. The van der Waals surface area contributed by atoms with E-state index in [1.807, 2.05) is 11.8 Å². The van der Waals surface area contributed by atoms with Crippen molar-refractivity contribution in [2.45, 2.75) is 46.0 Å². The predicted molar refractivity (Wildman–Crippen MR) is 103 cm³/mol. The lowest BCUT2D eigenvalue weighted by atomic mass is 9.78. The maximum atomic E-state index is 11.6. The Bertz CT molecular complexity index is 664. The van der Waals surface area contributed by atoms with Gasteiger partial charge in [-0.1, -0.05) is 13.3 Å². The maximum absolute atomic E-state index is 11.6. The third-order valence-electron chi connectivity index (χ3n) is 5.36. The van der Waals surface area contributed by atoms with Gasteiger partial charge in [0, 0.05) is 30.9 Å². The molecule has 2 rings (SSSR count). The fourth-order valence-corrected chi connectivity index (χ4v) is 3.48. The van der Waals surface area contributed by atoms with E-state index >= 15 is 0 Å². The van der Waals surface area contributed by atoms with Crippen molar-refractivity contribution < 1.29 is 29.3 Å². The van der Waals surface area contributed by atoms with Gasteiger partial charge in [0.15, 0.2) is 0 Å². The summed E-state index contributed by atoms with van der Waals surface area (Å²) < 4.78 is 5.08. The molecule has 0 bridgehead atoms. The number of nitrogens with one attached hydrogen (secondary N) is 1. The van der Waals surface area contributed by atoms with Crippen LogP contribution in [0, 0.1) is 11.3 Å². The number of carbonyl (C=O) groups excluding carboxylic acids is 1. The molecule has 28 heavy (non-hydrogen) atoms. The van der Waals surface area contributed by atoms with Gasteiger partial charge in [-0.05, 0) is 50.7 Å². The van der Waals surface area contributed by atoms with Crippen LogP contribution in [0.25, 0.3) is 0 Å². The van der Waals surface area contributed by atoms with Crippen LogP contribution in [0.15, 0.2) is 23.4 Å². The second-order valence-electron chi connectivity index (χ2n) is 7.74. The Hall–Kier alpha value is -2.51. The molecule has 1 heterocycles. The number of alkyl carbamates (subject to hydrolysis) is 1. The summed E-state index contributed by atoms with van der Waals surface area (Å²) in [4.78, 5) is 36.7. The summed E-state index contributed by atoms with van der Waals surface area (Å²) in [5, 5.41) is 21.7. The SMILES string of the molecule is CCCCOC(=O)NCC1CCN(C2=CC(C)(C(=O)O)CC(C(=O)O)=C2)CC1. The first kappa shape index (κ1) is 21.8. The number of aliphatic carboxylic acids is 2. The molecule has 1 atom stereocenters. The molecule has 0 radical (unpaired) electrons. The number of likely N-dealkylation sites (tertiary alicyclic amines) is 1. The number of ether oxygens (including phenoxy) is 1. The van der Waals surface area contributed by atoms with E-state index in [1.54, 1.807) is 19.1 Å². The Balaban J connectivity index is 1.91. The largest absolute Gasteiger partial charge is 0.481 e. The average molecular weight is 394 g/mol. The highest BCUT2D eigenvalue weighted by Gasteiger charge is 2.38. The highest BCUT2D eigenvalue weighted by atomic mass is 16.5. The van der Waals surface area contributed by atoms with Crippen molar-refractivity contribution in [3.05, 3.63) is 23.4 Å². The van der Waals surface area contributed by atoms with Gasteiger partial charge in [0.2, 0.25) is 0 Å². The van der Waals surface area contributed by atoms with Crippen LogP contribution in [0.3, 0.4) is 0 Å². The molecule has 1 amide bonds. The molecule has 0 aromatic carbocycles. The Labute approximate surface area is 165 Å². The lowest BCUT2D eigenvalue weighted by molar-refractivity contribution is -0.145. The number of carbonyl (C=O) groups is 3. The number of allylic oxidation sites excluding steroid dienone is 1. The minimum absolute atomic E-state index is 0.0261. The molecule has 0 saturated carbocycles. The Kier molecular flexibility index (Phi) is 7.48. The van der Waals surface area contributed by atoms with E-state index < -0.39 is 23.4 Å². The number of unbranched alkanes of at least 4 members (excludes halogenated alkanes) is 1. The van der Waals surface area contributed by atoms with Crippen LogP contribution in [-0.4, -0.2) is 59.4 Å². The first-order valence-corrected chi connectivity index (χ1v) is 9.81. The van der Waals surface area contributed by atoms with Crippen LogP contribution >= 0.6 is 0 Å². The van der Waals surface area contributed by atoms with E-state index in [9.17, 15) is 24.6 Å². The number of piperidine rings is 1. The number of hydrogen-bond acceptors (Lipinski definition) is 5. The fraction of sp³-hybridized carbons (Fsp3) is 0.650. The Morgan fingerprint density at radius 2 is 1.96 bits per heavy atom. The number of nitrogens with zero attached hydrogens (tertiary/aromatic N) is 1. The van der Waals surface area contributed by atoms with E-state index in [-0.39, 0.29) is 12.0 Å². The van der Waals surface area contributed by atoms with Crippen molar-refractivity contribution in [1.29, 1.82) is 0 Å². The van der Waals surface area contributed by atoms with Gasteiger partial charge >= 0.3 is 18.0 Å². The highest BCUT2D eigenvalue weighted by Crippen LogP contribution is 2.36. The molecule has 0 aromatic rings. The normalized spacial score (nSPS) is 22.9. The van der Waals surface area contributed by atoms with Crippen LogP contribution in [0.4, 0.5) is 4.79 Å². The molecule has 0 aromatic heterocycles. The molecule has 1 unspecified atom stereocenters. The Morgan fingerprint density at radius 1 is 1.29 bits per heavy atom.